The Kier molecular flexibility index (Phi) is 3.89. The number of thioether (sulfide) groups is 1. The van der Waals surface area contributed by atoms with E-state index in [4.69, 9.17) is 0 Å². The molecule has 14 heavy (non-hydrogen) atoms. The first-order valence-corrected chi connectivity index (χ1v) is 5.15. The topological polar surface area (TPSA) is 17.1 Å². The van der Waals surface area contributed by atoms with Crippen LogP contribution in [-0.2, 0) is 4.79 Å². The van der Waals surface area contributed by atoms with Gasteiger partial charge >= 0.3 is 0 Å². The van der Waals surface area contributed by atoms with Gasteiger partial charge in [-0.2, -0.15) is 0 Å². The van der Waals surface area contributed by atoms with Crippen molar-refractivity contribution in [3.63, 3.8) is 0 Å². The van der Waals surface area contributed by atoms with E-state index in [1.165, 1.54) is 23.9 Å². The SMILES string of the molecule is C=C(C)C(=O)CSc1cccc(F)c1. The smallest absolute Gasteiger partial charge is 0.168 e. The van der Waals surface area contributed by atoms with Gasteiger partial charge in [0.05, 0.1) is 5.75 Å². The van der Waals surface area contributed by atoms with E-state index in [1.807, 2.05) is 0 Å². The van der Waals surface area contributed by atoms with E-state index in [2.05, 4.69) is 6.58 Å². The van der Waals surface area contributed by atoms with E-state index in [-0.39, 0.29) is 11.6 Å². The summed E-state index contributed by atoms with van der Waals surface area (Å²) in [6.07, 6.45) is 0. The molecule has 0 fully saturated rings. The van der Waals surface area contributed by atoms with Crippen LogP contribution in [0.3, 0.4) is 0 Å². The van der Waals surface area contributed by atoms with Gasteiger partial charge in [0.25, 0.3) is 0 Å². The maximum atomic E-state index is 12.7. The molecule has 0 N–H and O–H groups in total. The molecule has 1 rings (SSSR count). The van der Waals surface area contributed by atoms with Gasteiger partial charge in [-0.25, -0.2) is 4.39 Å². The minimum Gasteiger partial charge on any atom is -0.294 e. The number of carbonyl (C=O) groups is 1. The molecule has 0 aliphatic rings. The molecular weight excluding hydrogens is 199 g/mol. The first-order valence-electron chi connectivity index (χ1n) is 4.16. The number of allylic oxidation sites excluding steroid dienone is 1. The molecule has 1 aromatic carbocycles. The number of rotatable bonds is 4. The molecule has 74 valence electrons. The molecule has 0 saturated carbocycles. The summed E-state index contributed by atoms with van der Waals surface area (Å²) >= 11 is 1.32. The van der Waals surface area contributed by atoms with E-state index in [0.717, 1.165) is 4.90 Å². The van der Waals surface area contributed by atoms with Crippen molar-refractivity contribution in [2.24, 2.45) is 0 Å². The Labute approximate surface area is 87.0 Å². The van der Waals surface area contributed by atoms with Gasteiger partial charge in [-0.1, -0.05) is 12.6 Å². The van der Waals surface area contributed by atoms with Crippen molar-refractivity contribution in [2.45, 2.75) is 11.8 Å². The Hall–Kier alpha value is -1.09. The Bertz CT molecular complexity index is 360. The number of ketones is 1. The third-order valence-corrected chi connectivity index (χ3v) is 2.64. The van der Waals surface area contributed by atoms with Gasteiger partial charge in [-0.3, -0.25) is 4.79 Å². The van der Waals surface area contributed by atoms with Crippen LogP contribution in [0, 0.1) is 5.82 Å². The average Bonchev–Trinajstić information content (AvgIpc) is 2.14. The van der Waals surface area contributed by atoms with Crippen molar-refractivity contribution in [1.29, 1.82) is 0 Å². The molecule has 0 spiro atoms. The molecule has 0 radical (unpaired) electrons. The first kappa shape index (κ1) is 11.0. The highest BCUT2D eigenvalue weighted by Gasteiger charge is 2.03. The predicted octanol–water partition coefficient (Wildman–Crippen LogP) is 3.06. The fourth-order valence-electron chi connectivity index (χ4n) is 0.829. The first-order chi connectivity index (χ1) is 6.59. The van der Waals surface area contributed by atoms with Crippen LogP contribution in [0.5, 0.6) is 0 Å². The molecule has 0 heterocycles. The maximum Gasteiger partial charge on any atom is 0.168 e. The van der Waals surface area contributed by atoms with E-state index in [9.17, 15) is 9.18 Å². The summed E-state index contributed by atoms with van der Waals surface area (Å²) in [4.78, 5) is 12.0. The number of Topliss-reactive ketones (excluding diaryl/α,β-unsaturated/α-hetero) is 1. The van der Waals surface area contributed by atoms with Crippen LogP contribution in [0.2, 0.25) is 0 Å². The number of halogens is 1. The zero-order valence-electron chi connectivity index (χ0n) is 7.92. The summed E-state index contributed by atoms with van der Waals surface area (Å²) in [5.41, 5.74) is 0.536. The molecule has 0 bridgehead atoms. The molecule has 0 saturated heterocycles. The van der Waals surface area contributed by atoms with E-state index in [1.54, 1.807) is 19.1 Å². The summed E-state index contributed by atoms with van der Waals surface area (Å²) < 4.78 is 12.7. The molecule has 0 aliphatic carbocycles. The van der Waals surface area contributed by atoms with Crippen molar-refractivity contribution in [1.82, 2.24) is 0 Å². The molecule has 0 atom stereocenters. The van der Waals surface area contributed by atoms with E-state index >= 15 is 0 Å². The highest BCUT2D eigenvalue weighted by atomic mass is 32.2. The largest absolute Gasteiger partial charge is 0.294 e. The molecule has 0 aromatic heterocycles. The quantitative estimate of drug-likeness (QED) is 0.561. The van der Waals surface area contributed by atoms with Gasteiger partial charge < -0.3 is 0 Å². The standard InChI is InChI=1S/C11H11FOS/c1-8(2)11(13)7-14-10-5-3-4-9(12)6-10/h3-6H,1,7H2,2H3. The monoisotopic (exact) mass is 210 g/mol. The number of benzene rings is 1. The lowest BCUT2D eigenvalue weighted by atomic mass is 10.2. The van der Waals surface area contributed by atoms with Gasteiger partial charge in [0.15, 0.2) is 5.78 Å². The van der Waals surface area contributed by atoms with Crippen LogP contribution in [0.15, 0.2) is 41.3 Å². The summed E-state index contributed by atoms with van der Waals surface area (Å²) in [5, 5.41) is 0. The number of carbonyl (C=O) groups excluding carboxylic acids is 1. The Balaban J connectivity index is 2.54. The molecule has 1 aromatic rings. The van der Waals surface area contributed by atoms with Crippen LogP contribution in [0.25, 0.3) is 0 Å². The molecule has 1 nitrogen and oxygen atoms in total. The second-order valence-corrected chi connectivity index (χ2v) is 4.00. The lowest BCUT2D eigenvalue weighted by Crippen LogP contribution is -2.01. The Morgan fingerprint density at radius 3 is 2.86 bits per heavy atom. The van der Waals surface area contributed by atoms with Gasteiger partial charge in [-0.05, 0) is 30.7 Å². The van der Waals surface area contributed by atoms with E-state index < -0.39 is 0 Å². The fourth-order valence-corrected chi connectivity index (χ4v) is 1.74. The Morgan fingerprint density at radius 2 is 2.29 bits per heavy atom. The van der Waals surface area contributed by atoms with Crippen molar-refractivity contribution in [3.8, 4) is 0 Å². The van der Waals surface area contributed by atoms with Crippen molar-refractivity contribution >= 4 is 17.5 Å². The summed E-state index contributed by atoms with van der Waals surface area (Å²) in [7, 11) is 0. The zero-order valence-corrected chi connectivity index (χ0v) is 8.73. The molecule has 3 heteroatoms. The van der Waals surface area contributed by atoms with Crippen molar-refractivity contribution in [2.75, 3.05) is 5.75 Å². The molecule has 0 aliphatic heterocycles. The van der Waals surface area contributed by atoms with Crippen molar-refractivity contribution < 1.29 is 9.18 Å². The number of hydrogen-bond donors (Lipinski definition) is 0. The maximum absolute atomic E-state index is 12.7. The summed E-state index contributed by atoms with van der Waals surface area (Å²) in [6.45, 7) is 5.22. The van der Waals surface area contributed by atoms with Gasteiger partial charge in [-0.15, -0.1) is 11.8 Å². The third-order valence-electron chi connectivity index (χ3n) is 1.64. The van der Waals surface area contributed by atoms with Crippen LogP contribution >= 0.6 is 11.8 Å². The lowest BCUT2D eigenvalue weighted by Gasteiger charge is -2.00. The normalized spacial score (nSPS) is 9.86. The van der Waals surface area contributed by atoms with Gasteiger partial charge in [0.1, 0.15) is 5.82 Å². The van der Waals surface area contributed by atoms with Crippen molar-refractivity contribution in [3.05, 3.63) is 42.2 Å². The number of hydrogen-bond acceptors (Lipinski definition) is 2. The van der Waals surface area contributed by atoms with E-state index in [0.29, 0.717) is 11.3 Å². The lowest BCUT2D eigenvalue weighted by molar-refractivity contribution is -0.113. The molecular formula is C11H11FOS. The molecule has 0 unspecified atom stereocenters. The molecule has 0 amide bonds. The zero-order chi connectivity index (χ0) is 10.6. The second kappa shape index (κ2) is 4.96. The minimum absolute atomic E-state index is 0.000684. The second-order valence-electron chi connectivity index (χ2n) is 2.95. The highest BCUT2D eigenvalue weighted by molar-refractivity contribution is 8.00. The Morgan fingerprint density at radius 1 is 1.57 bits per heavy atom. The van der Waals surface area contributed by atoms with Crippen LogP contribution < -0.4 is 0 Å². The highest BCUT2D eigenvalue weighted by Crippen LogP contribution is 2.19. The van der Waals surface area contributed by atoms with Crippen LogP contribution in [0.1, 0.15) is 6.92 Å². The fraction of sp³-hybridized carbons (Fsp3) is 0.182. The van der Waals surface area contributed by atoms with Gasteiger partial charge in [0, 0.05) is 4.90 Å². The van der Waals surface area contributed by atoms with Gasteiger partial charge in [0.2, 0.25) is 0 Å². The van der Waals surface area contributed by atoms with Crippen LogP contribution in [-0.4, -0.2) is 11.5 Å². The van der Waals surface area contributed by atoms with Crippen LogP contribution in [0.4, 0.5) is 4.39 Å². The summed E-state index contributed by atoms with van der Waals surface area (Å²) in [6, 6.07) is 6.20. The minimum atomic E-state index is -0.280. The third kappa shape index (κ3) is 3.34. The predicted molar refractivity (Wildman–Crippen MR) is 56.9 cm³/mol. The average molecular weight is 210 g/mol. The summed E-state index contributed by atoms with van der Waals surface area (Å²) in [5.74, 6) is 0.0377.